The molecule has 1 aliphatic rings. The fourth-order valence-electron chi connectivity index (χ4n) is 2.83. The summed E-state index contributed by atoms with van der Waals surface area (Å²) in [6, 6.07) is 9.70. The smallest absolute Gasteiger partial charge is 0.0387 e. The van der Waals surface area contributed by atoms with Crippen molar-refractivity contribution in [3.63, 3.8) is 0 Å². The molecule has 0 radical (unpaired) electrons. The number of benzene rings is 1. The zero-order valence-corrected chi connectivity index (χ0v) is 14.0. The molecule has 0 amide bonds. The standard InChI is InChI=1S/C18H30N2/c1-7-18(6)13-20(14(2)12-19-18)16-10-8-15(9-11-16)17(3,4)5/h8-11,14,19H,7,12-13H2,1-6H3. The summed E-state index contributed by atoms with van der Waals surface area (Å²) in [7, 11) is 0. The first-order valence-electron chi connectivity index (χ1n) is 7.87. The maximum Gasteiger partial charge on any atom is 0.0387 e. The fraction of sp³-hybridized carbons (Fsp3) is 0.667. The first-order chi connectivity index (χ1) is 9.25. The molecule has 1 saturated heterocycles. The molecule has 2 heteroatoms. The van der Waals surface area contributed by atoms with Crippen molar-refractivity contribution in [2.24, 2.45) is 0 Å². The van der Waals surface area contributed by atoms with Crippen LogP contribution in [0.1, 0.15) is 53.5 Å². The van der Waals surface area contributed by atoms with E-state index < -0.39 is 0 Å². The first-order valence-corrected chi connectivity index (χ1v) is 7.87. The van der Waals surface area contributed by atoms with Gasteiger partial charge in [-0.05, 0) is 43.4 Å². The number of hydrogen-bond donors (Lipinski definition) is 1. The SMILES string of the molecule is CCC1(C)CN(c2ccc(C(C)(C)C)cc2)C(C)CN1. The van der Waals surface area contributed by atoms with Crippen molar-refractivity contribution in [2.45, 2.75) is 65.0 Å². The second-order valence-corrected chi connectivity index (χ2v) is 7.57. The average molecular weight is 274 g/mol. The molecule has 1 aromatic rings. The van der Waals surface area contributed by atoms with E-state index in [0.29, 0.717) is 6.04 Å². The van der Waals surface area contributed by atoms with Gasteiger partial charge < -0.3 is 10.2 Å². The number of nitrogens with zero attached hydrogens (tertiary/aromatic N) is 1. The molecule has 2 nitrogen and oxygen atoms in total. The molecule has 2 atom stereocenters. The Kier molecular flexibility index (Phi) is 4.15. The van der Waals surface area contributed by atoms with Gasteiger partial charge in [0.15, 0.2) is 0 Å². The van der Waals surface area contributed by atoms with Gasteiger partial charge in [-0.15, -0.1) is 0 Å². The maximum atomic E-state index is 3.69. The molecular formula is C18H30N2. The fourth-order valence-corrected chi connectivity index (χ4v) is 2.83. The molecule has 2 unspecified atom stereocenters. The van der Waals surface area contributed by atoms with E-state index in [4.69, 9.17) is 0 Å². The third kappa shape index (κ3) is 3.17. The van der Waals surface area contributed by atoms with E-state index in [2.05, 4.69) is 76.0 Å². The predicted molar refractivity (Wildman–Crippen MR) is 88.6 cm³/mol. The highest BCUT2D eigenvalue weighted by Crippen LogP contribution is 2.28. The average Bonchev–Trinajstić information content (AvgIpc) is 2.41. The molecule has 0 saturated carbocycles. The summed E-state index contributed by atoms with van der Waals surface area (Å²) in [4.78, 5) is 2.55. The third-order valence-corrected chi connectivity index (χ3v) is 4.72. The lowest BCUT2D eigenvalue weighted by Gasteiger charge is -2.46. The van der Waals surface area contributed by atoms with Crippen LogP contribution < -0.4 is 10.2 Å². The van der Waals surface area contributed by atoms with Crippen LogP contribution in [0, 0.1) is 0 Å². The Morgan fingerprint density at radius 2 is 1.85 bits per heavy atom. The van der Waals surface area contributed by atoms with Crippen LogP contribution in [0.4, 0.5) is 5.69 Å². The lowest BCUT2D eigenvalue weighted by Crippen LogP contribution is -2.62. The molecule has 20 heavy (non-hydrogen) atoms. The molecule has 1 aromatic carbocycles. The van der Waals surface area contributed by atoms with Gasteiger partial charge in [-0.1, -0.05) is 39.8 Å². The summed E-state index contributed by atoms with van der Waals surface area (Å²) >= 11 is 0. The Balaban J connectivity index is 2.21. The molecule has 0 aliphatic carbocycles. The van der Waals surface area contributed by atoms with E-state index in [-0.39, 0.29) is 11.0 Å². The second-order valence-electron chi connectivity index (χ2n) is 7.57. The number of piperazine rings is 1. The zero-order valence-electron chi connectivity index (χ0n) is 14.0. The van der Waals surface area contributed by atoms with Crippen LogP contribution in [-0.4, -0.2) is 24.7 Å². The van der Waals surface area contributed by atoms with Crippen LogP contribution >= 0.6 is 0 Å². The Labute approximate surface area is 124 Å². The van der Waals surface area contributed by atoms with Gasteiger partial charge in [0.2, 0.25) is 0 Å². The van der Waals surface area contributed by atoms with Crippen molar-refractivity contribution in [2.75, 3.05) is 18.0 Å². The van der Waals surface area contributed by atoms with E-state index in [0.717, 1.165) is 19.5 Å². The summed E-state index contributed by atoms with van der Waals surface area (Å²) in [6.45, 7) is 15.8. The highest BCUT2D eigenvalue weighted by atomic mass is 15.2. The Morgan fingerprint density at radius 3 is 2.35 bits per heavy atom. The van der Waals surface area contributed by atoms with Gasteiger partial charge in [0, 0.05) is 30.4 Å². The normalized spacial score (nSPS) is 27.7. The first kappa shape index (κ1) is 15.4. The van der Waals surface area contributed by atoms with Gasteiger partial charge in [-0.2, -0.15) is 0 Å². The number of rotatable bonds is 2. The highest BCUT2D eigenvalue weighted by Gasteiger charge is 2.32. The lowest BCUT2D eigenvalue weighted by molar-refractivity contribution is 0.285. The van der Waals surface area contributed by atoms with E-state index in [9.17, 15) is 0 Å². The third-order valence-electron chi connectivity index (χ3n) is 4.72. The summed E-state index contributed by atoms with van der Waals surface area (Å²) in [5.41, 5.74) is 3.22. The van der Waals surface area contributed by atoms with Crippen molar-refractivity contribution in [1.29, 1.82) is 0 Å². The largest absolute Gasteiger partial charge is 0.366 e. The van der Waals surface area contributed by atoms with E-state index >= 15 is 0 Å². The number of anilines is 1. The molecular weight excluding hydrogens is 244 g/mol. The van der Waals surface area contributed by atoms with Gasteiger partial charge in [-0.25, -0.2) is 0 Å². The van der Waals surface area contributed by atoms with Crippen LogP contribution in [0.15, 0.2) is 24.3 Å². The summed E-state index contributed by atoms with van der Waals surface area (Å²) in [5.74, 6) is 0. The van der Waals surface area contributed by atoms with Crippen molar-refractivity contribution < 1.29 is 0 Å². The predicted octanol–water partition coefficient (Wildman–Crippen LogP) is 3.95. The van der Waals surface area contributed by atoms with E-state index in [1.165, 1.54) is 11.3 Å². The number of hydrogen-bond acceptors (Lipinski definition) is 2. The maximum absolute atomic E-state index is 3.69. The van der Waals surface area contributed by atoms with Gasteiger partial charge in [-0.3, -0.25) is 0 Å². The minimum atomic E-state index is 0.228. The van der Waals surface area contributed by atoms with Gasteiger partial charge in [0.25, 0.3) is 0 Å². The Hall–Kier alpha value is -1.02. The molecule has 2 rings (SSSR count). The van der Waals surface area contributed by atoms with Crippen LogP contribution in [0.3, 0.4) is 0 Å². The van der Waals surface area contributed by atoms with Crippen LogP contribution in [-0.2, 0) is 5.41 Å². The highest BCUT2D eigenvalue weighted by molar-refractivity contribution is 5.50. The summed E-state index contributed by atoms with van der Waals surface area (Å²) < 4.78 is 0. The van der Waals surface area contributed by atoms with Gasteiger partial charge in [0.1, 0.15) is 0 Å². The quantitative estimate of drug-likeness (QED) is 0.878. The Morgan fingerprint density at radius 1 is 1.25 bits per heavy atom. The van der Waals surface area contributed by atoms with Crippen LogP contribution in [0.5, 0.6) is 0 Å². The molecule has 0 bridgehead atoms. The second kappa shape index (κ2) is 5.40. The van der Waals surface area contributed by atoms with E-state index in [1.54, 1.807) is 0 Å². The molecule has 112 valence electrons. The van der Waals surface area contributed by atoms with E-state index in [1.807, 2.05) is 0 Å². The van der Waals surface area contributed by atoms with Crippen molar-refractivity contribution >= 4 is 5.69 Å². The van der Waals surface area contributed by atoms with Crippen molar-refractivity contribution in [3.05, 3.63) is 29.8 Å². The molecule has 1 aliphatic heterocycles. The van der Waals surface area contributed by atoms with Gasteiger partial charge >= 0.3 is 0 Å². The molecule has 0 spiro atoms. The topological polar surface area (TPSA) is 15.3 Å². The molecule has 1 heterocycles. The molecule has 1 N–H and O–H groups in total. The van der Waals surface area contributed by atoms with Crippen molar-refractivity contribution in [3.8, 4) is 0 Å². The summed E-state index contributed by atoms with van der Waals surface area (Å²) in [5, 5.41) is 3.69. The summed E-state index contributed by atoms with van der Waals surface area (Å²) in [6.07, 6.45) is 1.16. The van der Waals surface area contributed by atoms with Crippen LogP contribution in [0.25, 0.3) is 0 Å². The van der Waals surface area contributed by atoms with Gasteiger partial charge in [0.05, 0.1) is 0 Å². The minimum Gasteiger partial charge on any atom is -0.366 e. The van der Waals surface area contributed by atoms with Crippen molar-refractivity contribution in [1.82, 2.24) is 5.32 Å². The minimum absolute atomic E-state index is 0.228. The number of nitrogens with one attached hydrogen (secondary N) is 1. The Bertz CT molecular complexity index is 443. The zero-order chi connectivity index (χ0) is 15.0. The molecule has 1 fully saturated rings. The lowest BCUT2D eigenvalue weighted by atomic mass is 9.87. The van der Waals surface area contributed by atoms with Crippen LogP contribution in [0.2, 0.25) is 0 Å². The molecule has 0 aromatic heterocycles. The monoisotopic (exact) mass is 274 g/mol.